The standard InChI is InChI=1S/C12H18F3N3S/c1-8(16)9-3-2-4-18(6-9)7-11-17-5-10(19-11)12(13,14)15/h5,8-9H,2-4,6-7,16H2,1H3. The van der Waals surface area contributed by atoms with Gasteiger partial charge in [-0.2, -0.15) is 13.2 Å². The van der Waals surface area contributed by atoms with E-state index in [2.05, 4.69) is 9.88 Å². The van der Waals surface area contributed by atoms with Gasteiger partial charge in [-0.3, -0.25) is 4.90 Å². The number of thiazole rings is 1. The Bertz CT molecular complexity index is 417. The van der Waals surface area contributed by atoms with Gasteiger partial charge in [-0.05, 0) is 32.2 Å². The highest BCUT2D eigenvalue weighted by Gasteiger charge is 2.33. The van der Waals surface area contributed by atoms with E-state index in [-0.39, 0.29) is 6.04 Å². The van der Waals surface area contributed by atoms with Gasteiger partial charge in [0.25, 0.3) is 0 Å². The van der Waals surface area contributed by atoms with Gasteiger partial charge in [0.15, 0.2) is 0 Å². The van der Waals surface area contributed by atoms with E-state index >= 15 is 0 Å². The Morgan fingerprint density at radius 2 is 2.32 bits per heavy atom. The van der Waals surface area contributed by atoms with Crippen LogP contribution in [0.15, 0.2) is 6.20 Å². The molecule has 2 unspecified atom stereocenters. The van der Waals surface area contributed by atoms with E-state index in [0.29, 0.717) is 17.5 Å². The van der Waals surface area contributed by atoms with Gasteiger partial charge in [0.2, 0.25) is 0 Å². The average molecular weight is 293 g/mol. The van der Waals surface area contributed by atoms with Crippen molar-refractivity contribution in [2.45, 2.75) is 38.5 Å². The molecule has 2 rings (SSSR count). The number of alkyl halides is 3. The summed E-state index contributed by atoms with van der Waals surface area (Å²) in [5.74, 6) is 0.427. The lowest BCUT2D eigenvalue weighted by atomic mass is 9.92. The Kier molecular flexibility index (Phi) is 4.47. The number of likely N-dealkylation sites (tertiary alicyclic amines) is 1. The summed E-state index contributed by atoms with van der Waals surface area (Å²) < 4.78 is 37.5. The van der Waals surface area contributed by atoms with Gasteiger partial charge in [-0.1, -0.05) is 0 Å². The van der Waals surface area contributed by atoms with Crippen LogP contribution in [-0.2, 0) is 12.7 Å². The molecule has 3 nitrogen and oxygen atoms in total. The smallest absolute Gasteiger partial charge is 0.328 e. The van der Waals surface area contributed by atoms with Crippen molar-refractivity contribution in [3.05, 3.63) is 16.1 Å². The summed E-state index contributed by atoms with van der Waals surface area (Å²) in [4.78, 5) is 5.40. The summed E-state index contributed by atoms with van der Waals surface area (Å²) in [7, 11) is 0. The zero-order valence-corrected chi connectivity index (χ0v) is 11.6. The van der Waals surface area contributed by atoms with Gasteiger partial charge in [0, 0.05) is 12.6 Å². The molecule has 1 aliphatic rings. The van der Waals surface area contributed by atoms with Crippen molar-refractivity contribution in [1.29, 1.82) is 0 Å². The predicted molar refractivity (Wildman–Crippen MR) is 68.8 cm³/mol. The van der Waals surface area contributed by atoms with Crippen LogP contribution >= 0.6 is 11.3 Å². The lowest BCUT2D eigenvalue weighted by molar-refractivity contribution is -0.134. The molecule has 108 valence electrons. The first-order chi connectivity index (χ1) is 8.86. The summed E-state index contributed by atoms with van der Waals surface area (Å²) in [6.45, 7) is 4.23. The Labute approximate surface area is 114 Å². The second-order valence-corrected chi connectivity index (χ2v) is 6.23. The van der Waals surface area contributed by atoms with Crippen molar-refractivity contribution in [2.24, 2.45) is 11.7 Å². The second-order valence-electron chi connectivity index (χ2n) is 5.11. The van der Waals surface area contributed by atoms with Gasteiger partial charge in [0.05, 0.1) is 12.7 Å². The van der Waals surface area contributed by atoms with Gasteiger partial charge < -0.3 is 5.73 Å². The van der Waals surface area contributed by atoms with Crippen LogP contribution in [0.1, 0.15) is 29.7 Å². The number of hydrogen-bond donors (Lipinski definition) is 1. The molecule has 0 amide bonds. The number of hydrogen-bond acceptors (Lipinski definition) is 4. The minimum absolute atomic E-state index is 0.129. The van der Waals surface area contributed by atoms with Crippen LogP contribution < -0.4 is 5.73 Å². The Hall–Kier alpha value is -0.660. The summed E-state index contributed by atoms with van der Waals surface area (Å²) in [5.41, 5.74) is 5.90. The molecule has 0 aliphatic carbocycles. The molecule has 1 aromatic rings. The fourth-order valence-corrected chi connectivity index (χ4v) is 3.20. The molecule has 19 heavy (non-hydrogen) atoms. The van der Waals surface area contributed by atoms with Crippen molar-refractivity contribution >= 4 is 11.3 Å². The highest BCUT2D eigenvalue weighted by molar-refractivity contribution is 7.11. The highest BCUT2D eigenvalue weighted by atomic mass is 32.1. The third kappa shape index (κ3) is 3.90. The molecule has 0 spiro atoms. The van der Waals surface area contributed by atoms with E-state index in [4.69, 9.17) is 5.73 Å². The van der Waals surface area contributed by atoms with Gasteiger partial charge in [-0.25, -0.2) is 4.98 Å². The third-order valence-corrected chi connectivity index (χ3v) is 4.50. The van der Waals surface area contributed by atoms with E-state index in [0.717, 1.165) is 43.5 Å². The SMILES string of the molecule is CC(N)C1CCCN(Cc2ncc(C(F)(F)F)s2)C1. The Balaban J connectivity index is 1.95. The van der Waals surface area contributed by atoms with Crippen LogP contribution in [0.2, 0.25) is 0 Å². The topological polar surface area (TPSA) is 42.1 Å². The molecule has 1 fully saturated rings. The number of nitrogens with two attached hydrogens (primary N) is 1. The minimum Gasteiger partial charge on any atom is -0.328 e. The molecule has 1 saturated heterocycles. The molecule has 7 heteroatoms. The Morgan fingerprint density at radius 1 is 1.58 bits per heavy atom. The monoisotopic (exact) mass is 293 g/mol. The zero-order chi connectivity index (χ0) is 14.0. The van der Waals surface area contributed by atoms with Crippen LogP contribution in [0.5, 0.6) is 0 Å². The Morgan fingerprint density at radius 3 is 2.89 bits per heavy atom. The number of halogens is 3. The van der Waals surface area contributed by atoms with Crippen LogP contribution in [-0.4, -0.2) is 29.0 Å². The first kappa shape index (κ1) is 14.7. The van der Waals surface area contributed by atoms with E-state index in [9.17, 15) is 13.2 Å². The van der Waals surface area contributed by atoms with E-state index < -0.39 is 11.1 Å². The minimum atomic E-state index is -4.29. The third-order valence-electron chi connectivity index (χ3n) is 3.48. The van der Waals surface area contributed by atoms with Crippen molar-refractivity contribution in [3.8, 4) is 0 Å². The number of aromatic nitrogens is 1. The maximum atomic E-state index is 12.5. The maximum absolute atomic E-state index is 12.5. The van der Waals surface area contributed by atoms with Gasteiger partial charge in [0.1, 0.15) is 9.88 Å². The molecule has 2 N–H and O–H groups in total. The fourth-order valence-electron chi connectivity index (χ4n) is 2.37. The maximum Gasteiger partial charge on any atom is 0.427 e. The molecule has 0 saturated carbocycles. The van der Waals surface area contributed by atoms with E-state index in [1.165, 1.54) is 0 Å². The quantitative estimate of drug-likeness (QED) is 0.931. The fraction of sp³-hybridized carbons (Fsp3) is 0.750. The van der Waals surface area contributed by atoms with Crippen molar-refractivity contribution in [2.75, 3.05) is 13.1 Å². The molecule has 0 aromatic carbocycles. The highest BCUT2D eigenvalue weighted by Crippen LogP contribution is 2.34. The summed E-state index contributed by atoms with van der Waals surface area (Å²) >= 11 is 0.734. The molecule has 1 aromatic heterocycles. The lowest BCUT2D eigenvalue weighted by Gasteiger charge is -2.34. The first-order valence-electron chi connectivity index (χ1n) is 6.36. The van der Waals surface area contributed by atoms with Crippen LogP contribution in [0.4, 0.5) is 13.2 Å². The zero-order valence-electron chi connectivity index (χ0n) is 10.8. The summed E-state index contributed by atoms with van der Waals surface area (Å²) in [6, 6.07) is 0.129. The van der Waals surface area contributed by atoms with Crippen molar-refractivity contribution < 1.29 is 13.2 Å². The summed E-state index contributed by atoms with van der Waals surface area (Å²) in [6.07, 6.45) is -1.22. The van der Waals surface area contributed by atoms with Crippen LogP contribution in [0.3, 0.4) is 0 Å². The van der Waals surface area contributed by atoms with Crippen molar-refractivity contribution in [1.82, 2.24) is 9.88 Å². The molecule has 2 atom stereocenters. The predicted octanol–water partition coefficient (Wildman–Crippen LogP) is 2.72. The largest absolute Gasteiger partial charge is 0.427 e. The van der Waals surface area contributed by atoms with E-state index in [1.54, 1.807) is 0 Å². The van der Waals surface area contributed by atoms with E-state index in [1.807, 2.05) is 6.92 Å². The normalized spacial score (nSPS) is 23.5. The molecule has 0 bridgehead atoms. The van der Waals surface area contributed by atoms with Gasteiger partial charge >= 0.3 is 6.18 Å². The van der Waals surface area contributed by atoms with Gasteiger partial charge in [-0.15, -0.1) is 11.3 Å². The number of nitrogens with zero attached hydrogens (tertiary/aromatic N) is 2. The van der Waals surface area contributed by atoms with Crippen LogP contribution in [0, 0.1) is 5.92 Å². The molecular weight excluding hydrogens is 275 g/mol. The summed E-state index contributed by atoms with van der Waals surface area (Å²) in [5, 5.41) is 0.526. The van der Waals surface area contributed by atoms with Crippen LogP contribution in [0.25, 0.3) is 0 Å². The molecule has 2 heterocycles. The molecule has 1 aliphatic heterocycles. The lowest BCUT2D eigenvalue weighted by Crippen LogP contribution is -2.41. The molecule has 0 radical (unpaired) electrons. The molecular formula is C12H18F3N3S. The first-order valence-corrected chi connectivity index (χ1v) is 7.17. The number of rotatable bonds is 3. The average Bonchev–Trinajstić information content (AvgIpc) is 2.77. The second kappa shape index (κ2) is 5.76. The van der Waals surface area contributed by atoms with Crippen molar-refractivity contribution in [3.63, 3.8) is 0 Å². The number of piperidine rings is 1.